The van der Waals surface area contributed by atoms with E-state index in [9.17, 15) is 91.1 Å². The number of barbiturate groups is 2. The van der Waals surface area contributed by atoms with Gasteiger partial charge in [0.25, 0.3) is 5.91 Å². The van der Waals surface area contributed by atoms with Crippen molar-refractivity contribution in [1.29, 1.82) is 0 Å². The van der Waals surface area contributed by atoms with Crippen molar-refractivity contribution in [3.8, 4) is 0 Å². The van der Waals surface area contributed by atoms with Gasteiger partial charge < -0.3 is 76.1 Å². The Morgan fingerprint density at radius 1 is 0.320 bits per heavy atom. The van der Waals surface area contributed by atoms with Gasteiger partial charge in [-0.3, -0.25) is 63.2 Å². The molecule has 3 aromatic heterocycles. The summed E-state index contributed by atoms with van der Waals surface area (Å²) in [5, 5.41) is 0. The van der Waals surface area contributed by atoms with E-state index in [1.807, 2.05) is 27.7 Å². The number of ether oxygens (including phenoxy) is 14. The number of carbonyl (C=O) groups excluding carboxylic acids is 10. The number of rotatable bonds is 36. The van der Waals surface area contributed by atoms with E-state index in [-0.39, 0.29) is 212 Å². The van der Waals surface area contributed by atoms with Gasteiger partial charge in [0.15, 0.2) is 0 Å². The molecule has 0 aliphatic carbocycles. The zero-order valence-electron chi connectivity index (χ0n) is 71.2. The molecule has 1 N–H and O–H groups in total. The number of aromatic amines is 1. The summed E-state index contributed by atoms with van der Waals surface area (Å²) in [7, 11) is 0. The predicted octanol–water partition coefficient (Wildman–Crippen LogP) is -7.36. The average molecular weight is 1810 g/mol. The first-order chi connectivity index (χ1) is 61.5. The van der Waals surface area contributed by atoms with Crippen LogP contribution in [0.5, 0.6) is 0 Å². The third-order valence-electron chi connectivity index (χ3n) is 23.3. The summed E-state index contributed by atoms with van der Waals surface area (Å²) in [5.41, 5.74) is -6.61. The molecule has 15 unspecified atom stereocenters. The van der Waals surface area contributed by atoms with E-state index in [0.717, 1.165) is 52.8 Å². The maximum atomic E-state index is 12.7. The van der Waals surface area contributed by atoms with E-state index in [4.69, 9.17) is 66.3 Å². The Morgan fingerprint density at radius 3 is 0.930 bits per heavy atom. The molecule has 0 spiro atoms. The van der Waals surface area contributed by atoms with Gasteiger partial charge in [0.2, 0.25) is 29.5 Å². The summed E-state index contributed by atoms with van der Waals surface area (Å²) in [4.78, 5) is 242. The number of aromatic nitrogens is 9. The lowest BCUT2D eigenvalue weighted by atomic mass is 9.78. The van der Waals surface area contributed by atoms with Crippen molar-refractivity contribution in [2.24, 2.45) is 5.41 Å². The van der Waals surface area contributed by atoms with Crippen LogP contribution in [-0.2, 0) is 147 Å². The van der Waals surface area contributed by atoms with Crippen LogP contribution in [0.3, 0.4) is 0 Å². The van der Waals surface area contributed by atoms with E-state index < -0.39 is 80.5 Å². The number of amides is 14. The summed E-state index contributed by atoms with van der Waals surface area (Å²) in [5.74, 6) is -1.87. The second kappa shape index (κ2) is 39.4. The van der Waals surface area contributed by atoms with Gasteiger partial charge in [-0.15, -0.1) is 6.58 Å². The van der Waals surface area contributed by atoms with Gasteiger partial charge in [-0.2, -0.15) is 0 Å². The summed E-state index contributed by atoms with van der Waals surface area (Å²) >= 11 is 0. The molecule has 21 rings (SSSR count). The highest BCUT2D eigenvalue weighted by molar-refractivity contribution is 6.19. The van der Waals surface area contributed by atoms with Gasteiger partial charge in [0.1, 0.15) is 24.4 Å². The SMILES string of the molecule is C=CCn1c(=O)n(CC2CO2)c(=O)n(CC2CO2)c1=O.CCC1(CC)C(=O)N(CC2CO2)C(=O)N(CC2CO2)C1=O.CCC1C(=O)N(CC2CO2)C(=O)N1CC1CO1.CCCCn1c(=O)n(CC2CO2)c(=O)n(CC2CO2)c1=O.O=C1CC(=O)N(CC2CO2)C(=O)N1CC1CO1.O=C1CN(CC2CO2)C(=O)N1CC1CO1.O=c1[nH]c(=O)n(CC2CO2)c(=O)n1CC1CO1. The van der Waals surface area contributed by atoms with Gasteiger partial charge in [0, 0.05) is 6.54 Å². The smallest absolute Gasteiger partial charge is 0.336 e. The Hall–Kier alpha value is -10.5. The lowest BCUT2D eigenvalue weighted by molar-refractivity contribution is -0.160. The second-order valence-electron chi connectivity index (χ2n) is 33.5. The minimum Gasteiger partial charge on any atom is -0.371 e. The number of nitrogens with one attached hydrogen (secondary N) is 1. The summed E-state index contributed by atoms with van der Waals surface area (Å²) in [6.45, 7) is 23.7. The number of nitrogens with zero attached hydrogens (tertiary/aromatic N) is 16. The number of carbonyl (C=O) groups is 10. The molecule has 128 heavy (non-hydrogen) atoms. The Labute approximate surface area is 725 Å². The molecule has 700 valence electrons. The van der Waals surface area contributed by atoms with Crippen LogP contribution >= 0.6 is 0 Å². The highest BCUT2D eigenvalue weighted by Gasteiger charge is 2.57. The van der Waals surface area contributed by atoms with E-state index in [0.29, 0.717) is 151 Å². The molecular formula is C78H105N17O33. The zero-order chi connectivity index (χ0) is 90.8. The summed E-state index contributed by atoms with van der Waals surface area (Å²) < 4.78 is 79.1. The quantitative estimate of drug-likeness (QED) is 0.0245. The standard InChI is InChI=1S/C14H20N2O5.C13H19N3O5.C12H15N3O5.C11H16N2O4.C10H12N2O5.C9H11N3O5.C9H12N2O4/c1-3-14(4-2)11(17)15(5-9-7-20-9)13(19)16(12(14)18)6-10-8-21-10;1-2-3-4-14-11(17)15(5-9-7-20-9)13(19)16(12(14)18)6-10-8-21-10;1-2-3-13-10(16)14(4-8-6-19-8)12(18)15(11(13)17)5-9-7-20-9;1-2-9-10(14)13(4-8-6-17-8)11(15)12(9)3-7-5-16-7;13-8-1-9(14)12(3-7-5-17-7)10(15)11(8)2-6-4-16-6;13-7-10-8(14)12(2-6-4-17-6)9(15)11(7)1-5-3-16-5;12-8-3-10(1-6-4-14-6)9(13)11(8)2-7-5-15-7/h9-10H,3-8H2,1-2H3;9-10H,2-8H2,1H3;2,8-9H,1,3-7H2;7-9H,2-6H2,1H3;6-7H,1-5H2;5-6H,1-4H2,(H,10,13,14);6-7H,1-5H2. The van der Waals surface area contributed by atoms with Crippen LogP contribution in [0.15, 0.2) is 55.8 Å². The number of imide groups is 6. The first-order valence-electron chi connectivity index (χ1n) is 43.1. The topological polar surface area (TPSA) is 581 Å². The molecule has 14 amide bonds. The van der Waals surface area contributed by atoms with Crippen molar-refractivity contribution in [1.82, 2.24) is 80.7 Å². The van der Waals surface area contributed by atoms with Gasteiger partial charge in [-0.25, -0.2) is 98.9 Å². The number of hydrogen-bond donors (Lipinski definition) is 1. The van der Waals surface area contributed by atoms with Gasteiger partial charge >= 0.3 is 75.3 Å². The lowest BCUT2D eigenvalue weighted by Gasteiger charge is -2.43. The van der Waals surface area contributed by atoms with E-state index >= 15 is 0 Å². The lowest BCUT2D eigenvalue weighted by Crippen LogP contribution is -2.66. The second-order valence-corrected chi connectivity index (χ2v) is 33.5. The third-order valence-corrected chi connectivity index (χ3v) is 23.3. The van der Waals surface area contributed by atoms with Crippen LogP contribution in [0.4, 0.5) is 19.2 Å². The van der Waals surface area contributed by atoms with Gasteiger partial charge in [0.05, 0.1) is 276 Å². The molecule has 18 aliphatic heterocycles. The number of H-pyrrole nitrogens is 1. The van der Waals surface area contributed by atoms with E-state index in [1.165, 1.54) is 25.7 Å². The first-order valence-corrected chi connectivity index (χ1v) is 43.1. The van der Waals surface area contributed by atoms with Crippen molar-refractivity contribution >= 4 is 59.6 Å². The molecule has 3 aromatic rings. The predicted molar refractivity (Wildman–Crippen MR) is 427 cm³/mol. The van der Waals surface area contributed by atoms with Crippen LogP contribution in [0, 0.1) is 5.41 Å². The maximum absolute atomic E-state index is 12.7. The van der Waals surface area contributed by atoms with Crippen molar-refractivity contribution in [3.63, 3.8) is 0 Å². The number of allylic oxidation sites excluding steroid dienone is 1. The fourth-order valence-electron chi connectivity index (χ4n) is 14.5. The molecule has 18 saturated heterocycles. The minimum absolute atomic E-state index is 0.0533. The Kier molecular flexibility index (Phi) is 28.4. The number of urea groups is 4. The third kappa shape index (κ3) is 23.4. The molecule has 18 fully saturated rings. The highest BCUT2D eigenvalue weighted by Crippen LogP contribution is 2.38. The van der Waals surface area contributed by atoms with Gasteiger partial charge in [-0.1, -0.05) is 40.2 Å². The monoisotopic (exact) mass is 1810 g/mol. The molecular weight excluding hydrogens is 1700 g/mol. The van der Waals surface area contributed by atoms with E-state index in [1.54, 1.807) is 9.80 Å². The fraction of sp³-hybridized carbons (Fsp3) is 0.731. The normalized spacial score (nSPS) is 29.0. The van der Waals surface area contributed by atoms with Crippen LogP contribution in [0.1, 0.15) is 66.2 Å². The average Bonchev–Trinajstić information content (AvgIpc) is 1.58. The van der Waals surface area contributed by atoms with Gasteiger partial charge in [-0.05, 0) is 25.7 Å². The molecule has 0 bridgehead atoms. The molecule has 15 atom stereocenters. The van der Waals surface area contributed by atoms with E-state index in [2.05, 4.69) is 11.6 Å². The highest BCUT2D eigenvalue weighted by atomic mass is 16.6. The first kappa shape index (κ1) is 92.2. The molecule has 21 heterocycles. The van der Waals surface area contributed by atoms with Crippen molar-refractivity contribution in [3.05, 3.63) is 107 Å². The molecule has 50 nitrogen and oxygen atoms in total. The molecule has 0 aromatic carbocycles. The Morgan fingerprint density at radius 2 is 0.602 bits per heavy atom. The van der Waals surface area contributed by atoms with Crippen LogP contribution in [-0.4, -0.2) is 383 Å². The zero-order valence-corrected chi connectivity index (χ0v) is 71.2. The molecule has 18 aliphatic rings. The minimum atomic E-state index is -1.13. The molecule has 0 radical (unpaired) electrons. The molecule has 0 saturated carbocycles. The summed E-state index contributed by atoms with van der Waals surface area (Å²) in [6.07, 6.45) is 3.65. The summed E-state index contributed by atoms with van der Waals surface area (Å²) in [6, 6.07) is -1.78. The maximum Gasteiger partial charge on any atom is 0.336 e. The number of hydrogen-bond acceptors (Lipinski definition) is 33. The number of unbranched alkanes of at least 4 members (excludes halogenated alkanes) is 1. The van der Waals surface area contributed by atoms with Crippen LogP contribution in [0.2, 0.25) is 0 Å². The Balaban J connectivity index is 0.000000115. The fourth-order valence-corrected chi connectivity index (χ4v) is 14.5. The molecule has 50 heteroatoms. The Bertz CT molecular complexity index is 5090. The van der Waals surface area contributed by atoms with Crippen molar-refractivity contribution < 1.29 is 114 Å². The van der Waals surface area contributed by atoms with Crippen molar-refractivity contribution in [2.75, 3.05) is 151 Å². The number of epoxide rings is 14. The van der Waals surface area contributed by atoms with Crippen LogP contribution < -0.4 is 51.2 Å². The van der Waals surface area contributed by atoms with Crippen molar-refractivity contribution in [2.45, 2.75) is 210 Å². The van der Waals surface area contributed by atoms with Crippen LogP contribution in [0.25, 0.3) is 0 Å². The largest absolute Gasteiger partial charge is 0.371 e.